The number of halogens is 3. The third-order valence-electron chi connectivity index (χ3n) is 1.75. The van der Waals surface area contributed by atoms with Crippen molar-refractivity contribution in [3.8, 4) is 11.6 Å². The predicted octanol–water partition coefficient (Wildman–Crippen LogP) is 1.62. The second-order valence-corrected chi connectivity index (χ2v) is 3.19. The van der Waals surface area contributed by atoms with Gasteiger partial charge in [-0.1, -0.05) is 0 Å². The molecule has 0 bridgehead atoms. The highest BCUT2D eigenvalue weighted by Crippen LogP contribution is 2.28. The van der Waals surface area contributed by atoms with Crippen molar-refractivity contribution < 1.29 is 32.9 Å². The Labute approximate surface area is 93.5 Å². The van der Waals surface area contributed by atoms with Crippen LogP contribution in [0, 0.1) is 6.92 Å². The van der Waals surface area contributed by atoms with Gasteiger partial charge in [-0.15, -0.1) is 13.2 Å². The summed E-state index contributed by atoms with van der Waals surface area (Å²) in [5, 5.41) is 17.8. The molecule has 0 unspecified atom stereocenters. The first-order chi connectivity index (χ1) is 7.69. The van der Waals surface area contributed by atoms with Crippen LogP contribution in [0.2, 0.25) is 0 Å². The molecule has 94 valence electrons. The molecule has 0 saturated carbocycles. The number of pyridine rings is 1. The van der Waals surface area contributed by atoms with Crippen molar-refractivity contribution in [2.24, 2.45) is 0 Å². The van der Waals surface area contributed by atoms with Crippen molar-refractivity contribution >= 4 is 5.97 Å². The number of aryl methyl sites for hydroxylation is 1. The molecule has 0 aliphatic rings. The molecule has 0 amide bonds. The van der Waals surface area contributed by atoms with Crippen LogP contribution >= 0.6 is 0 Å². The zero-order chi connectivity index (χ0) is 13.2. The van der Waals surface area contributed by atoms with E-state index < -0.39 is 30.4 Å². The van der Waals surface area contributed by atoms with Crippen LogP contribution in [0.15, 0.2) is 6.07 Å². The largest absolute Gasteiger partial charge is 0.574 e. The number of carboxylic acid groups (broad SMARTS) is 1. The van der Waals surface area contributed by atoms with Gasteiger partial charge in [0.25, 0.3) is 0 Å². The van der Waals surface area contributed by atoms with E-state index in [4.69, 9.17) is 5.11 Å². The molecule has 8 heteroatoms. The second kappa shape index (κ2) is 4.48. The fourth-order valence-electron chi connectivity index (χ4n) is 1.10. The Balaban J connectivity index is 3.10. The number of alkyl halides is 3. The molecule has 1 rings (SSSR count). The molecule has 0 aromatic carbocycles. The van der Waals surface area contributed by atoms with E-state index in [-0.39, 0.29) is 11.3 Å². The van der Waals surface area contributed by atoms with Crippen LogP contribution in [0.3, 0.4) is 0 Å². The summed E-state index contributed by atoms with van der Waals surface area (Å²) in [6, 6.07) is 0.965. The van der Waals surface area contributed by atoms with Gasteiger partial charge in [0.1, 0.15) is 5.75 Å². The smallest absolute Gasteiger partial charge is 0.506 e. The van der Waals surface area contributed by atoms with Crippen LogP contribution in [0.5, 0.6) is 11.6 Å². The van der Waals surface area contributed by atoms with Gasteiger partial charge >= 0.3 is 12.3 Å². The number of carbonyl (C=O) groups is 1. The molecule has 1 aromatic rings. The SMILES string of the molecule is Cc1cc(O)c(CC(=O)O)nc1OC(F)(F)F. The van der Waals surface area contributed by atoms with E-state index in [2.05, 4.69) is 9.72 Å². The lowest BCUT2D eigenvalue weighted by atomic mass is 10.2. The number of carboxylic acids is 1. The van der Waals surface area contributed by atoms with Crippen molar-refractivity contribution in [2.75, 3.05) is 0 Å². The quantitative estimate of drug-likeness (QED) is 0.853. The Morgan fingerprint density at radius 1 is 1.53 bits per heavy atom. The van der Waals surface area contributed by atoms with E-state index in [1.165, 1.54) is 6.92 Å². The fourth-order valence-corrected chi connectivity index (χ4v) is 1.10. The van der Waals surface area contributed by atoms with E-state index in [9.17, 15) is 23.1 Å². The number of rotatable bonds is 3. The molecule has 0 radical (unpaired) electrons. The molecule has 0 aliphatic heterocycles. The van der Waals surface area contributed by atoms with E-state index in [1.54, 1.807) is 0 Å². The molecule has 0 spiro atoms. The zero-order valence-electron chi connectivity index (χ0n) is 8.58. The molecule has 2 N–H and O–H groups in total. The average Bonchev–Trinajstić information content (AvgIpc) is 2.10. The van der Waals surface area contributed by atoms with Crippen LogP contribution in [0.1, 0.15) is 11.3 Å². The van der Waals surface area contributed by atoms with E-state index in [0.29, 0.717) is 0 Å². The summed E-state index contributed by atoms with van der Waals surface area (Å²) in [6.07, 6.45) is -5.62. The summed E-state index contributed by atoms with van der Waals surface area (Å²) in [4.78, 5) is 13.7. The zero-order valence-corrected chi connectivity index (χ0v) is 8.58. The molecule has 0 saturated heterocycles. The summed E-state index contributed by atoms with van der Waals surface area (Å²) in [5.41, 5.74) is -0.434. The minimum Gasteiger partial charge on any atom is -0.506 e. The minimum absolute atomic E-state index is 0.0473. The average molecular weight is 251 g/mol. The summed E-state index contributed by atoms with van der Waals surface area (Å²) < 4.78 is 39.5. The molecule has 0 atom stereocenters. The van der Waals surface area contributed by atoms with Gasteiger partial charge in [-0.2, -0.15) is 0 Å². The van der Waals surface area contributed by atoms with Crippen LogP contribution in [-0.4, -0.2) is 27.5 Å². The van der Waals surface area contributed by atoms with Gasteiger partial charge in [-0.3, -0.25) is 4.79 Å². The lowest BCUT2D eigenvalue weighted by molar-refractivity contribution is -0.276. The summed E-state index contributed by atoms with van der Waals surface area (Å²) in [7, 11) is 0. The Hall–Kier alpha value is -1.99. The fraction of sp³-hybridized carbons (Fsp3) is 0.333. The number of aromatic nitrogens is 1. The van der Waals surface area contributed by atoms with Crippen LogP contribution < -0.4 is 4.74 Å². The Bertz CT molecular complexity index is 445. The van der Waals surface area contributed by atoms with Crippen molar-refractivity contribution in [1.82, 2.24) is 4.98 Å². The molecule has 5 nitrogen and oxygen atoms in total. The monoisotopic (exact) mass is 251 g/mol. The van der Waals surface area contributed by atoms with Gasteiger partial charge < -0.3 is 14.9 Å². The minimum atomic E-state index is -4.92. The first-order valence-corrected chi connectivity index (χ1v) is 4.36. The van der Waals surface area contributed by atoms with Crippen LogP contribution in [0.4, 0.5) is 13.2 Å². The molecule has 1 aromatic heterocycles. The van der Waals surface area contributed by atoms with Gasteiger partial charge in [0, 0.05) is 5.56 Å². The lowest BCUT2D eigenvalue weighted by Crippen LogP contribution is -2.19. The molecule has 17 heavy (non-hydrogen) atoms. The van der Waals surface area contributed by atoms with E-state index in [0.717, 1.165) is 6.07 Å². The number of aromatic hydroxyl groups is 1. The third-order valence-corrected chi connectivity index (χ3v) is 1.75. The van der Waals surface area contributed by atoms with Gasteiger partial charge in [-0.05, 0) is 13.0 Å². The first-order valence-electron chi connectivity index (χ1n) is 4.36. The van der Waals surface area contributed by atoms with Crippen molar-refractivity contribution in [3.05, 3.63) is 17.3 Å². The second-order valence-electron chi connectivity index (χ2n) is 3.19. The molecule has 0 fully saturated rings. The summed E-state index contributed by atoms with van der Waals surface area (Å²) in [5.74, 6) is -2.58. The van der Waals surface area contributed by atoms with Crippen LogP contribution in [0.25, 0.3) is 0 Å². The molecule has 1 heterocycles. The standard InChI is InChI=1S/C9H8F3NO4/c1-4-2-6(14)5(3-7(15)16)13-8(4)17-9(10,11)12/h2,14H,3H2,1H3,(H,15,16). The van der Waals surface area contributed by atoms with Crippen LogP contribution in [-0.2, 0) is 11.2 Å². The molecular formula is C9H8F3NO4. The van der Waals surface area contributed by atoms with E-state index in [1.807, 2.05) is 0 Å². The highest BCUT2D eigenvalue weighted by Gasteiger charge is 2.33. The maximum absolute atomic E-state index is 12.0. The maximum Gasteiger partial charge on any atom is 0.574 e. The van der Waals surface area contributed by atoms with Crippen molar-refractivity contribution in [2.45, 2.75) is 19.7 Å². The third kappa shape index (κ3) is 3.82. The highest BCUT2D eigenvalue weighted by atomic mass is 19.4. The van der Waals surface area contributed by atoms with Crippen molar-refractivity contribution in [1.29, 1.82) is 0 Å². The topological polar surface area (TPSA) is 79.7 Å². The van der Waals surface area contributed by atoms with Gasteiger partial charge in [0.05, 0.1) is 12.1 Å². The Kier molecular flexibility index (Phi) is 3.45. The van der Waals surface area contributed by atoms with Crippen molar-refractivity contribution in [3.63, 3.8) is 0 Å². The highest BCUT2D eigenvalue weighted by molar-refractivity contribution is 5.70. The summed E-state index contributed by atoms with van der Waals surface area (Å²) >= 11 is 0. The summed E-state index contributed by atoms with van der Waals surface area (Å²) in [6.45, 7) is 1.25. The number of aliphatic carboxylic acids is 1. The number of hydrogen-bond acceptors (Lipinski definition) is 4. The molecule has 0 aliphatic carbocycles. The number of ether oxygens (including phenoxy) is 1. The normalized spacial score (nSPS) is 11.3. The predicted molar refractivity (Wildman–Crippen MR) is 48.7 cm³/mol. The lowest BCUT2D eigenvalue weighted by Gasteiger charge is -2.12. The maximum atomic E-state index is 12.0. The van der Waals surface area contributed by atoms with E-state index >= 15 is 0 Å². The Morgan fingerprint density at radius 3 is 2.59 bits per heavy atom. The number of hydrogen-bond donors (Lipinski definition) is 2. The number of nitrogens with zero attached hydrogens (tertiary/aromatic N) is 1. The van der Waals surface area contributed by atoms with Gasteiger partial charge in [-0.25, -0.2) is 4.98 Å². The Morgan fingerprint density at radius 2 is 2.12 bits per heavy atom. The first kappa shape index (κ1) is 13.1. The van der Waals surface area contributed by atoms with Gasteiger partial charge in [0.15, 0.2) is 0 Å². The van der Waals surface area contributed by atoms with Gasteiger partial charge in [0.2, 0.25) is 5.88 Å². The molecular weight excluding hydrogens is 243 g/mol.